The minimum absolute atomic E-state index is 0.120. The van der Waals surface area contributed by atoms with Gasteiger partial charge in [-0.15, -0.1) is 0 Å². The number of hydrogen-bond acceptors (Lipinski definition) is 3. The van der Waals surface area contributed by atoms with E-state index < -0.39 is 0 Å². The van der Waals surface area contributed by atoms with Gasteiger partial charge in [-0.3, -0.25) is 10.1 Å². The highest BCUT2D eigenvalue weighted by molar-refractivity contribution is 5.59. The van der Waals surface area contributed by atoms with Crippen molar-refractivity contribution < 1.29 is 4.92 Å². The van der Waals surface area contributed by atoms with E-state index in [0.717, 1.165) is 0 Å². The molecule has 0 aliphatic heterocycles. The number of nitrogens with zero attached hydrogens (tertiary/aromatic N) is 2. The van der Waals surface area contributed by atoms with Crippen LogP contribution < -0.4 is 5.32 Å². The van der Waals surface area contributed by atoms with Crippen molar-refractivity contribution in [2.45, 2.75) is 52.6 Å². The van der Waals surface area contributed by atoms with Crippen LogP contribution in [-0.4, -0.2) is 15.0 Å². The molecule has 0 atom stereocenters. The maximum absolute atomic E-state index is 11.0. The van der Waals surface area contributed by atoms with Gasteiger partial charge in [-0.25, -0.2) is 0 Å². The van der Waals surface area contributed by atoms with Gasteiger partial charge in [-0.1, -0.05) is 0 Å². The molecule has 0 fully saturated rings. The first-order chi connectivity index (χ1) is 7.52. The molecule has 1 rings (SSSR count). The van der Waals surface area contributed by atoms with Crippen LogP contribution in [0, 0.1) is 10.1 Å². The zero-order chi connectivity index (χ0) is 13.4. The predicted octanol–water partition coefficient (Wildman–Crippen LogP) is 3.36. The standard InChI is InChI=1S/C12H21N3O2/c1-11(2,3)13-10-9(15(16)17)7-8-14(10)12(4,5)6/h7-8,13H,1-6H3. The fourth-order valence-corrected chi connectivity index (χ4v) is 1.61. The maximum atomic E-state index is 11.0. The van der Waals surface area contributed by atoms with Gasteiger partial charge in [0.1, 0.15) is 0 Å². The first-order valence-corrected chi connectivity index (χ1v) is 5.67. The van der Waals surface area contributed by atoms with E-state index in [1.165, 1.54) is 0 Å². The topological polar surface area (TPSA) is 60.1 Å². The van der Waals surface area contributed by atoms with E-state index in [0.29, 0.717) is 5.82 Å². The van der Waals surface area contributed by atoms with Crippen LogP contribution in [0.25, 0.3) is 0 Å². The summed E-state index contributed by atoms with van der Waals surface area (Å²) in [6.45, 7) is 12.0. The molecule has 96 valence electrons. The van der Waals surface area contributed by atoms with Crippen LogP contribution >= 0.6 is 0 Å². The molecular weight excluding hydrogens is 218 g/mol. The molecule has 0 aliphatic rings. The van der Waals surface area contributed by atoms with Crippen molar-refractivity contribution in [2.24, 2.45) is 0 Å². The lowest BCUT2D eigenvalue weighted by Gasteiger charge is -2.28. The first kappa shape index (κ1) is 13.5. The molecule has 5 heteroatoms. The van der Waals surface area contributed by atoms with E-state index in [2.05, 4.69) is 5.32 Å². The highest BCUT2D eigenvalue weighted by atomic mass is 16.6. The molecule has 0 aliphatic carbocycles. The van der Waals surface area contributed by atoms with Gasteiger partial charge in [0, 0.05) is 23.3 Å². The number of rotatable bonds is 2. The van der Waals surface area contributed by atoms with E-state index in [1.807, 2.05) is 46.1 Å². The van der Waals surface area contributed by atoms with Crippen molar-refractivity contribution in [2.75, 3.05) is 5.32 Å². The number of nitrogens with one attached hydrogen (secondary N) is 1. The minimum Gasteiger partial charge on any atom is -0.361 e. The smallest absolute Gasteiger partial charge is 0.311 e. The van der Waals surface area contributed by atoms with E-state index in [4.69, 9.17) is 0 Å². The first-order valence-electron chi connectivity index (χ1n) is 5.67. The van der Waals surface area contributed by atoms with E-state index >= 15 is 0 Å². The van der Waals surface area contributed by atoms with Gasteiger partial charge in [-0.05, 0) is 41.5 Å². The molecule has 0 saturated heterocycles. The average Bonchev–Trinajstić information content (AvgIpc) is 2.43. The highest BCUT2D eigenvalue weighted by Crippen LogP contribution is 2.32. The predicted molar refractivity (Wildman–Crippen MR) is 69.5 cm³/mol. The summed E-state index contributed by atoms with van der Waals surface area (Å²) in [4.78, 5) is 10.6. The van der Waals surface area contributed by atoms with Gasteiger partial charge in [0.15, 0.2) is 5.82 Å². The molecule has 1 aromatic heterocycles. The van der Waals surface area contributed by atoms with Crippen molar-refractivity contribution in [3.8, 4) is 0 Å². The Morgan fingerprint density at radius 3 is 2.12 bits per heavy atom. The van der Waals surface area contributed by atoms with Crippen molar-refractivity contribution in [3.05, 3.63) is 22.4 Å². The van der Waals surface area contributed by atoms with Crippen LogP contribution in [0.5, 0.6) is 0 Å². The van der Waals surface area contributed by atoms with Gasteiger partial charge in [0.25, 0.3) is 0 Å². The van der Waals surface area contributed by atoms with Crippen molar-refractivity contribution >= 4 is 11.5 Å². The van der Waals surface area contributed by atoms with Gasteiger partial charge in [0.05, 0.1) is 4.92 Å². The van der Waals surface area contributed by atoms with Crippen LogP contribution in [0.15, 0.2) is 12.3 Å². The molecule has 0 unspecified atom stereocenters. The Hall–Kier alpha value is -1.52. The number of aromatic nitrogens is 1. The molecule has 0 spiro atoms. The van der Waals surface area contributed by atoms with Gasteiger partial charge >= 0.3 is 5.69 Å². The van der Waals surface area contributed by atoms with Crippen LogP contribution in [0.1, 0.15) is 41.5 Å². The maximum Gasteiger partial charge on any atom is 0.311 e. The van der Waals surface area contributed by atoms with E-state index in [-0.39, 0.29) is 21.7 Å². The molecule has 17 heavy (non-hydrogen) atoms. The van der Waals surface area contributed by atoms with Crippen molar-refractivity contribution in [3.63, 3.8) is 0 Å². The number of nitro groups is 1. The Morgan fingerprint density at radius 1 is 1.24 bits per heavy atom. The fraction of sp³-hybridized carbons (Fsp3) is 0.667. The second-order valence-electron chi connectivity index (χ2n) is 6.22. The zero-order valence-corrected chi connectivity index (χ0v) is 11.4. The Morgan fingerprint density at radius 2 is 1.76 bits per heavy atom. The second kappa shape index (κ2) is 4.05. The average molecular weight is 239 g/mol. The van der Waals surface area contributed by atoms with Gasteiger partial charge in [-0.2, -0.15) is 0 Å². The SMILES string of the molecule is CC(C)(C)Nc1c([N+](=O)[O-])ccn1C(C)(C)C. The third-order valence-corrected chi connectivity index (χ3v) is 2.28. The summed E-state index contributed by atoms with van der Waals surface area (Å²) in [6, 6.07) is 1.54. The van der Waals surface area contributed by atoms with Gasteiger partial charge < -0.3 is 9.88 Å². The lowest BCUT2D eigenvalue weighted by atomic mass is 10.1. The third kappa shape index (κ3) is 3.22. The summed E-state index contributed by atoms with van der Waals surface area (Å²) in [5, 5.41) is 14.2. The summed E-state index contributed by atoms with van der Waals surface area (Å²) in [7, 11) is 0. The van der Waals surface area contributed by atoms with E-state index in [1.54, 1.807) is 12.3 Å². The summed E-state index contributed by atoms with van der Waals surface area (Å²) in [6.07, 6.45) is 1.76. The fourth-order valence-electron chi connectivity index (χ4n) is 1.61. The Bertz CT molecular complexity index is 422. The molecule has 1 heterocycles. The number of hydrogen-bond donors (Lipinski definition) is 1. The highest BCUT2D eigenvalue weighted by Gasteiger charge is 2.27. The minimum atomic E-state index is -0.351. The zero-order valence-electron chi connectivity index (χ0n) is 11.4. The largest absolute Gasteiger partial charge is 0.361 e. The Kier molecular flexibility index (Phi) is 3.23. The molecule has 0 aromatic carbocycles. The normalized spacial score (nSPS) is 12.6. The summed E-state index contributed by atoms with van der Waals surface area (Å²) in [5.41, 5.74) is -0.289. The lowest BCUT2D eigenvalue weighted by molar-refractivity contribution is -0.384. The van der Waals surface area contributed by atoms with Crippen molar-refractivity contribution in [1.29, 1.82) is 0 Å². The second-order valence-corrected chi connectivity index (χ2v) is 6.22. The van der Waals surface area contributed by atoms with E-state index in [9.17, 15) is 10.1 Å². The number of anilines is 1. The molecule has 5 nitrogen and oxygen atoms in total. The third-order valence-electron chi connectivity index (χ3n) is 2.28. The molecule has 1 N–H and O–H groups in total. The van der Waals surface area contributed by atoms with Crippen molar-refractivity contribution in [1.82, 2.24) is 4.57 Å². The Labute approximate surface area is 102 Å². The van der Waals surface area contributed by atoms with Crippen LogP contribution in [0.3, 0.4) is 0 Å². The van der Waals surface area contributed by atoms with Crippen LogP contribution in [0.4, 0.5) is 11.5 Å². The monoisotopic (exact) mass is 239 g/mol. The van der Waals surface area contributed by atoms with Crippen LogP contribution in [0.2, 0.25) is 0 Å². The molecule has 0 bridgehead atoms. The molecular formula is C12H21N3O2. The molecule has 0 radical (unpaired) electrons. The summed E-state index contributed by atoms with van der Waals surface area (Å²) >= 11 is 0. The molecule has 1 aromatic rings. The van der Waals surface area contributed by atoms with Crippen LogP contribution in [-0.2, 0) is 5.54 Å². The molecule has 0 saturated carbocycles. The Balaban J connectivity index is 3.30. The van der Waals surface area contributed by atoms with Gasteiger partial charge in [0.2, 0.25) is 0 Å². The summed E-state index contributed by atoms with van der Waals surface area (Å²) in [5.74, 6) is 0.565. The quantitative estimate of drug-likeness (QED) is 0.636. The lowest BCUT2D eigenvalue weighted by Crippen LogP contribution is -2.31. The molecule has 0 amide bonds. The summed E-state index contributed by atoms with van der Waals surface area (Å²) < 4.78 is 1.90.